The second-order valence-electron chi connectivity index (χ2n) is 10.5. The average Bonchev–Trinajstić information content (AvgIpc) is 3.35. The van der Waals surface area contributed by atoms with E-state index in [1.165, 1.54) is 23.9 Å². The van der Waals surface area contributed by atoms with Crippen molar-refractivity contribution in [3.63, 3.8) is 0 Å². The summed E-state index contributed by atoms with van der Waals surface area (Å²) in [6.07, 6.45) is 9.40. The number of carboxylic acids is 1. The number of aliphatic carboxylic acids is 1. The summed E-state index contributed by atoms with van der Waals surface area (Å²) >= 11 is 0. The van der Waals surface area contributed by atoms with Crippen LogP contribution in [0.5, 0.6) is 0 Å². The maximum absolute atomic E-state index is 12.5. The lowest BCUT2D eigenvalue weighted by molar-refractivity contribution is -0.148. The van der Waals surface area contributed by atoms with Gasteiger partial charge in [0.2, 0.25) is 5.91 Å². The molecule has 10 heteroatoms. The van der Waals surface area contributed by atoms with Crippen LogP contribution in [0.4, 0.5) is 4.79 Å². The third kappa shape index (κ3) is 4.24. The van der Waals surface area contributed by atoms with E-state index in [9.17, 15) is 19.5 Å². The molecule has 5 fully saturated rings. The van der Waals surface area contributed by atoms with Gasteiger partial charge in [0.25, 0.3) is 0 Å². The van der Waals surface area contributed by atoms with Gasteiger partial charge in [-0.3, -0.25) is 19.6 Å². The van der Waals surface area contributed by atoms with Gasteiger partial charge in [0.15, 0.2) is 0 Å². The van der Waals surface area contributed by atoms with Gasteiger partial charge in [-0.2, -0.15) is 0 Å². The van der Waals surface area contributed by atoms with Crippen molar-refractivity contribution in [2.45, 2.75) is 69.9 Å². The number of aryl methyl sites for hydroxylation is 1. The maximum atomic E-state index is 12.5. The van der Waals surface area contributed by atoms with Crippen LogP contribution in [-0.2, 0) is 27.3 Å². The van der Waals surface area contributed by atoms with Crippen LogP contribution in [0.3, 0.4) is 0 Å². The second-order valence-corrected chi connectivity index (χ2v) is 10.5. The van der Waals surface area contributed by atoms with E-state index in [4.69, 9.17) is 4.74 Å². The number of urea groups is 1. The molecule has 0 aromatic carbocycles. The highest BCUT2D eigenvalue weighted by molar-refractivity contribution is 5.94. The molecule has 32 heavy (non-hydrogen) atoms. The van der Waals surface area contributed by atoms with Gasteiger partial charge >= 0.3 is 12.0 Å². The van der Waals surface area contributed by atoms with E-state index in [2.05, 4.69) is 20.9 Å². The zero-order chi connectivity index (χ0) is 22.3. The van der Waals surface area contributed by atoms with Gasteiger partial charge < -0.3 is 15.2 Å². The molecule has 5 aliphatic rings. The number of nitrogens with one attached hydrogen (secondary N) is 2. The Balaban J connectivity index is 1.09. The molecule has 3 amide bonds. The standard InChI is InChI=1S/C22H31N5O5/c28-18(23-20(31)24-22-8-14-5-15(9-22)7-16(6-14)10-22)1-3-27-12-17(25-26-27)11-21(19(29)30)2-4-32-13-21/h12,14-16H,1-11,13H2,(H,29,30)(H2,23,24,28,31). The Labute approximate surface area is 186 Å². The second kappa shape index (κ2) is 8.13. The summed E-state index contributed by atoms with van der Waals surface area (Å²) < 4.78 is 6.79. The van der Waals surface area contributed by atoms with Crippen LogP contribution in [0, 0.1) is 23.2 Å². The largest absolute Gasteiger partial charge is 0.481 e. The summed E-state index contributed by atoms with van der Waals surface area (Å²) in [6, 6.07) is -0.402. The molecule has 4 bridgehead atoms. The molecule has 1 atom stereocenters. The van der Waals surface area contributed by atoms with Crippen molar-refractivity contribution < 1.29 is 24.2 Å². The van der Waals surface area contributed by atoms with Gasteiger partial charge in [-0.15, -0.1) is 5.10 Å². The van der Waals surface area contributed by atoms with Crippen LogP contribution in [0.1, 0.15) is 57.1 Å². The third-order valence-corrected chi connectivity index (χ3v) is 7.90. The van der Waals surface area contributed by atoms with Crippen LogP contribution >= 0.6 is 0 Å². The van der Waals surface area contributed by atoms with Crippen LogP contribution < -0.4 is 10.6 Å². The van der Waals surface area contributed by atoms with Gasteiger partial charge in [0, 0.05) is 31.2 Å². The molecule has 0 radical (unpaired) electrons. The van der Waals surface area contributed by atoms with E-state index in [0.717, 1.165) is 37.0 Å². The van der Waals surface area contributed by atoms with Gasteiger partial charge in [-0.05, 0) is 62.7 Å². The molecule has 0 spiro atoms. The molecule has 3 N–H and O–H groups in total. The molecular formula is C22H31N5O5. The lowest BCUT2D eigenvalue weighted by atomic mass is 9.53. The zero-order valence-electron chi connectivity index (χ0n) is 18.2. The van der Waals surface area contributed by atoms with E-state index >= 15 is 0 Å². The number of hydrogen-bond donors (Lipinski definition) is 3. The number of aromatic nitrogens is 3. The number of carbonyl (C=O) groups excluding carboxylic acids is 2. The molecule has 2 heterocycles. The maximum Gasteiger partial charge on any atom is 0.321 e. The first-order valence-electron chi connectivity index (χ1n) is 11.7. The quantitative estimate of drug-likeness (QED) is 0.579. The Bertz CT molecular complexity index is 871. The summed E-state index contributed by atoms with van der Waals surface area (Å²) in [5.41, 5.74) is -0.546. The fraction of sp³-hybridized carbons (Fsp3) is 0.773. The van der Waals surface area contributed by atoms with Crippen molar-refractivity contribution in [3.05, 3.63) is 11.9 Å². The van der Waals surface area contributed by atoms with Crippen LogP contribution in [0.2, 0.25) is 0 Å². The summed E-state index contributed by atoms with van der Waals surface area (Å²) in [6.45, 7) is 0.850. The van der Waals surface area contributed by atoms with Crippen LogP contribution in [-0.4, -0.2) is 56.8 Å². The Kier molecular flexibility index (Phi) is 5.43. The average molecular weight is 446 g/mol. The molecular weight excluding hydrogens is 414 g/mol. The highest BCUT2D eigenvalue weighted by Gasteiger charge is 2.51. The van der Waals surface area contributed by atoms with Crippen molar-refractivity contribution in [2.24, 2.45) is 23.2 Å². The fourth-order valence-corrected chi connectivity index (χ4v) is 6.81. The zero-order valence-corrected chi connectivity index (χ0v) is 18.2. The molecule has 174 valence electrons. The van der Waals surface area contributed by atoms with Gasteiger partial charge in [0.1, 0.15) is 0 Å². The number of carboxylic acid groups (broad SMARTS) is 1. The Hall–Kier alpha value is -2.49. The van der Waals surface area contributed by atoms with Crippen molar-refractivity contribution in [1.29, 1.82) is 0 Å². The predicted octanol–water partition coefficient (Wildman–Crippen LogP) is 1.50. The first kappa shape index (κ1) is 21.4. The summed E-state index contributed by atoms with van der Waals surface area (Å²) in [7, 11) is 0. The molecule has 1 aliphatic heterocycles. The number of imide groups is 1. The van der Waals surface area contributed by atoms with Gasteiger partial charge in [-0.25, -0.2) is 4.79 Å². The minimum Gasteiger partial charge on any atom is -0.481 e. The summed E-state index contributed by atoms with van der Waals surface area (Å²) in [5.74, 6) is 0.893. The number of nitrogens with zero attached hydrogens (tertiary/aromatic N) is 3. The number of ether oxygens (including phenoxy) is 1. The predicted molar refractivity (Wildman–Crippen MR) is 111 cm³/mol. The topological polar surface area (TPSA) is 135 Å². The number of rotatable bonds is 7. The molecule has 1 aromatic heterocycles. The van der Waals surface area contributed by atoms with E-state index in [1.54, 1.807) is 6.20 Å². The van der Waals surface area contributed by atoms with Crippen molar-refractivity contribution in [3.8, 4) is 0 Å². The monoisotopic (exact) mass is 445 g/mol. The summed E-state index contributed by atoms with van der Waals surface area (Å²) in [4.78, 5) is 36.5. The fourth-order valence-electron chi connectivity index (χ4n) is 6.81. The molecule has 6 rings (SSSR count). The van der Waals surface area contributed by atoms with E-state index in [0.29, 0.717) is 18.7 Å². The first-order chi connectivity index (χ1) is 15.3. The Morgan fingerprint density at radius 3 is 2.44 bits per heavy atom. The van der Waals surface area contributed by atoms with E-state index in [1.807, 2.05) is 0 Å². The third-order valence-electron chi connectivity index (χ3n) is 7.90. The van der Waals surface area contributed by atoms with E-state index in [-0.39, 0.29) is 37.4 Å². The normalized spacial score (nSPS) is 35.1. The molecule has 4 aliphatic carbocycles. The van der Waals surface area contributed by atoms with E-state index < -0.39 is 17.4 Å². The van der Waals surface area contributed by atoms with Crippen molar-refractivity contribution in [1.82, 2.24) is 25.6 Å². The smallest absolute Gasteiger partial charge is 0.321 e. The highest BCUT2D eigenvalue weighted by Crippen LogP contribution is 2.55. The molecule has 10 nitrogen and oxygen atoms in total. The van der Waals surface area contributed by atoms with Crippen molar-refractivity contribution in [2.75, 3.05) is 13.2 Å². The Morgan fingerprint density at radius 1 is 1.16 bits per heavy atom. The number of carbonyl (C=O) groups is 3. The van der Waals surface area contributed by atoms with Gasteiger partial charge in [-0.1, -0.05) is 5.21 Å². The van der Waals surface area contributed by atoms with Gasteiger partial charge in [0.05, 0.1) is 24.3 Å². The molecule has 4 saturated carbocycles. The van der Waals surface area contributed by atoms with Crippen LogP contribution in [0.25, 0.3) is 0 Å². The molecule has 1 saturated heterocycles. The highest BCUT2D eigenvalue weighted by atomic mass is 16.5. The molecule has 1 unspecified atom stereocenters. The summed E-state index contributed by atoms with van der Waals surface area (Å²) in [5, 5.41) is 23.2. The Morgan fingerprint density at radius 2 is 1.84 bits per heavy atom. The number of hydrogen-bond acceptors (Lipinski definition) is 6. The minimum atomic E-state index is -0.965. The van der Waals surface area contributed by atoms with Crippen molar-refractivity contribution >= 4 is 17.9 Å². The first-order valence-corrected chi connectivity index (χ1v) is 11.7. The lowest BCUT2D eigenvalue weighted by Gasteiger charge is -2.56. The lowest BCUT2D eigenvalue weighted by Crippen LogP contribution is -2.61. The minimum absolute atomic E-state index is 0.0876. The molecule has 1 aromatic rings. The SMILES string of the molecule is O=C(CCn1cc(CC2(C(=O)O)CCOC2)nn1)NC(=O)NC12CC3CC(CC(C3)C1)C2. The van der Waals surface area contributed by atoms with Crippen LogP contribution in [0.15, 0.2) is 6.20 Å². The number of amides is 3.